The minimum atomic E-state index is -1.08. The molecule has 1 aromatic rings. The summed E-state index contributed by atoms with van der Waals surface area (Å²) in [5, 5.41) is 3.28. The van der Waals surface area contributed by atoms with Crippen molar-refractivity contribution in [2.75, 3.05) is 26.2 Å². The molecule has 1 atom stereocenters. The Morgan fingerprint density at radius 2 is 1.68 bits per heavy atom. The summed E-state index contributed by atoms with van der Waals surface area (Å²) in [5.41, 5.74) is 0.200. The van der Waals surface area contributed by atoms with Crippen LogP contribution in [-0.4, -0.2) is 31.1 Å². The van der Waals surface area contributed by atoms with Crippen LogP contribution in [-0.2, 0) is 0 Å². The lowest BCUT2D eigenvalue weighted by atomic mass is 9.80. The lowest BCUT2D eigenvalue weighted by Crippen LogP contribution is -2.47. The van der Waals surface area contributed by atoms with E-state index in [1.807, 2.05) is 0 Å². The van der Waals surface area contributed by atoms with Crippen LogP contribution >= 0.6 is 0 Å². The largest absolute Gasteiger partial charge is 0.314 e. The van der Waals surface area contributed by atoms with Crippen LogP contribution in [0.2, 0.25) is 0 Å². The number of hydrogen-bond acceptors (Lipinski definition) is 2. The molecular formula is C17H23F3N2. The van der Waals surface area contributed by atoms with Crippen LogP contribution in [0.15, 0.2) is 12.1 Å². The number of piperazine rings is 1. The summed E-state index contributed by atoms with van der Waals surface area (Å²) < 4.78 is 41.7. The van der Waals surface area contributed by atoms with E-state index in [0.717, 1.165) is 51.9 Å². The Morgan fingerprint density at radius 1 is 1.00 bits per heavy atom. The number of rotatable bonds is 3. The molecule has 1 aliphatic heterocycles. The molecule has 0 radical (unpaired) electrons. The molecule has 0 unspecified atom stereocenters. The molecule has 0 spiro atoms. The second kappa shape index (κ2) is 7.01. The molecule has 1 heterocycles. The zero-order valence-corrected chi connectivity index (χ0v) is 12.8. The number of benzene rings is 1. The summed E-state index contributed by atoms with van der Waals surface area (Å²) in [6.45, 7) is 3.25. The molecule has 22 heavy (non-hydrogen) atoms. The monoisotopic (exact) mass is 312 g/mol. The average molecular weight is 312 g/mol. The fourth-order valence-electron chi connectivity index (χ4n) is 3.95. The zero-order valence-electron chi connectivity index (χ0n) is 12.8. The van der Waals surface area contributed by atoms with Gasteiger partial charge in [0.2, 0.25) is 0 Å². The van der Waals surface area contributed by atoms with Gasteiger partial charge in [0.25, 0.3) is 0 Å². The van der Waals surface area contributed by atoms with Crippen molar-refractivity contribution in [3.05, 3.63) is 35.1 Å². The second-order valence-electron chi connectivity index (χ2n) is 6.42. The molecule has 122 valence electrons. The van der Waals surface area contributed by atoms with Crippen LogP contribution < -0.4 is 5.32 Å². The van der Waals surface area contributed by atoms with Gasteiger partial charge in [0.15, 0.2) is 11.6 Å². The van der Waals surface area contributed by atoms with Gasteiger partial charge in [0, 0.05) is 43.9 Å². The Hall–Kier alpha value is -1.07. The third-order valence-corrected chi connectivity index (χ3v) is 4.98. The summed E-state index contributed by atoms with van der Waals surface area (Å²) >= 11 is 0. The van der Waals surface area contributed by atoms with Crippen LogP contribution in [0.3, 0.4) is 0 Å². The molecule has 1 aliphatic carbocycles. The van der Waals surface area contributed by atoms with Crippen LogP contribution in [0, 0.1) is 23.4 Å². The third-order valence-electron chi connectivity index (χ3n) is 4.98. The van der Waals surface area contributed by atoms with Gasteiger partial charge in [-0.15, -0.1) is 0 Å². The average Bonchev–Trinajstić information content (AvgIpc) is 2.54. The Kier molecular flexibility index (Phi) is 5.03. The lowest BCUT2D eigenvalue weighted by molar-refractivity contribution is 0.0997. The van der Waals surface area contributed by atoms with E-state index in [1.54, 1.807) is 0 Å². The molecule has 1 saturated carbocycles. The predicted octanol–water partition coefficient (Wildman–Crippen LogP) is 3.63. The number of nitrogens with one attached hydrogen (secondary N) is 1. The number of halogens is 3. The smallest absolute Gasteiger partial charge is 0.163 e. The van der Waals surface area contributed by atoms with Crippen LogP contribution in [0.25, 0.3) is 0 Å². The maximum atomic E-state index is 14.4. The highest BCUT2D eigenvalue weighted by atomic mass is 19.2. The highest BCUT2D eigenvalue weighted by molar-refractivity contribution is 5.25. The van der Waals surface area contributed by atoms with E-state index in [9.17, 15) is 13.2 Å². The zero-order chi connectivity index (χ0) is 15.5. The van der Waals surface area contributed by atoms with Gasteiger partial charge in [-0.05, 0) is 24.8 Å². The maximum absolute atomic E-state index is 14.4. The maximum Gasteiger partial charge on any atom is 0.163 e. The topological polar surface area (TPSA) is 15.3 Å². The molecule has 1 N–H and O–H groups in total. The fraction of sp³-hybridized carbons (Fsp3) is 0.647. The van der Waals surface area contributed by atoms with E-state index in [2.05, 4.69) is 10.2 Å². The first-order valence-corrected chi connectivity index (χ1v) is 8.26. The van der Waals surface area contributed by atoms with E-state index >= 15 is 0 Å². The molecule has 2 nitrogen and oxygen atoms in total. The number of nitrogens with zero attached hydrogens (tertiary/aromatic N) is 1. The van der Waals surface area contributed by atoms with Crippen LogP contribution in [0.4, 0.5) is 13.2 Å². The van der Waals surface area contributed by atoms with E-state index in [0.29, 0.717) is 6.07 Å². The number of hydrogen-bond donors (Lipinski definition) is 1. The van der Waals surface area contributed by atoms with Gasteiger partial charge >= 0.3 is 0 Å². The molecule has 2 aliphatic rings. The quantitative estimate of drug-likeness (QED) is 0.858. The van der Waals surface area contributed by atoms with Gasteiger partial charge in [-0.25, -0.2) is 13.2 Å². The fourth-order valence-corrected chi connectivity index (χ4v) is 3.95. The van der Waals surface area contributed by atoms with E-state index in [1.165, 1.54) is 12.5 Å². The van der Waals surface area contributed by atoms with Crippen molar-refractivity contribution in [2.45, 2.75) is 38.1 Å². The summed E-state index contributed by atoms with van der Waals surface area (Å²) in [6, 6.07) is 1.61. The SMILES string of the molecule is Fc1cc(F)c(F)c([C@H](C2CCCCC2)N2CCNCC2)c1. The highest BCUT2D eigenvalue weighted by Gasteiger charge is 2.33. The minimum absolute atomic E-state index is 0.200. The summed E-state index contributed by atoms with van der Waals surface area (Å²) in [5.74, 6) is -2.37. The standard InChI is InChI=1S/C17H23F3N2/c18-13-10-14(16(20)15(19)11-13)17(12-4-2-1-3-5-12)22-8-6-21-7-9-22/h10-12,17,21H,1-9H2/t17-/m0/s1. The van der Waals surface area contributed by atoms with Crippen molar-refractivity contribution in [3.63, 3.8) is 0 Å². The van der Waals surface area contributed by atoms with Crippen molar-refractivity contribution >= 4 is 0 Å². The Bertz CT molecular complexity index is 491. The first kappa shape index (κ1) is 15.8. The van der Waals surface area contributed by atoms with Crippen LogP contribution in [0.1, 0.15) is 43.7 Å². The van der Waals surface area contributed by atoms with Crippen molar-refractivity contribution in [3.8, 4) is 0 Å². The molecule has 2 fully saturated rings. The van der Waals surface area contributed by atoms with Gasteiger partial charge in [-0.2, -0.15) is 0 Å². The summed E-state index contributed by atoms with van der Waals surface area (Å²) in [7, 11) is 0. The van der Waals surface area contributed by atoms with Crippen molar-refractivity contribution in [2.24, 2.45) is 5.92 Å². The Labute approximate surface area is 129 Å². The van der Waals surface area contributed by atoms with Crippen LogP contribution in [0.5, 0.6) is 0 Å². The summed E-state index contributed by atoms with van der Waals surface area (Å²) in [6.07, 6.45) is 5.45. The van der Waals surface area contributed by atoms with E-state index in [4.69, 9.17) is 0 Å². The highest BCUT2D eigenvalue weighted by Crippen LogP contribution is 2.40. The molecule has 0 amide bonds. The first-order valence-electron chi connectivity index (χ1n) is 8.26. The molecule has 3 rings (SSSR count). The Balaban J connectivity index is 1.96. The van der Waals surface area contributed by atoms with Gasteiger partial charge in [0.05, 0.1) is 0 Å². The second-order valence-corrected chi connectivity index (χ2v) is 6.42. The van der Waals surface area contributed by atoms with Crippen molar-refractivity contribution in [1.29, 1.82) is 0 Å². The van der Waals surface area contributed by atoms with Gasteiger partial charge in [-0.3, -0.25) is 4.90 Å². The molecule has 0 bridgehead atoms. The van der Waals surface area contributed by atoms with E-state index < -0.39 is 17.5 Å². The normalized spacial score (nSPS) is 22.7. The van der Waals surface area contributed by atoms with Gasteiger partial charge < -0.3 is 5.32 Å². The minimum Gasteiger partial charge on any atom is -0.314 e. The predicted molar refractivity (Wildman–Crippen MR) is 80.1 cm³/mol. The molecule has 5 heteroatoms. The van der Waals surface area contributed by atoms with Crippen molar-refractivity contribution < 1.29 is 13.2 Å². The molecule has 1 saturated heterocycles. The lowest BCUT2D eigenvalue weighted by Gasteiger charge is -2.41. The Morgan fingerprint density at radius 3 is 2.36 bits per heavy atom. The van der Waals surface area contributed by atoms with E-state index in [-0.39, 0.29) is 17.5 Å². The van der Waals surface area contributed by atoms with Gasteiger partial charge in [0.1, 0.15) is 5.82 Å². The molecule has 1 aromatic carbocycles. The molecule has 0 aromatic heterocycles. The molecular weight excluding hydrogens is 289 g/mol. The van der Waals surface area contributed by atoms with Gasteiger partial charge in [-0.1, -0.05) is 19.3 Å². The first-order chi connectivity index (χ1) is 10.7. The van der Waals surface area contributed by atoms with Crippen molar-refractivity contribution in [1.82, 2.24) is 10.2 Å². The summed E-state index contributed by atoms with van der Waals surface area (Å²) in [4.78, 5) is 2.20. The third kappa shape index (κ3) is 3.30.